The highest BCUT2D eigenvalue weighted by molar-refractivity contribution is 7.80. The number of anilines is 2. The molecule has 6 heteroatoms. The monoisotopic (exact) mass is 565 g/mol. The normalized spacial score (nSPS) is 11.0. The van der Waals surface area contributed by atoms with Crippen molar-refractivity contribution in [2.24, 2.45) is 0 Å². The van der Waals surface area contributed by atoms with E-state index in [1.54, 1.807) is 7.11 Å². The van der Waals surface area contributed by atoms with E-state index >= 15 is 0 Å². The zero-order chi connectivity index (χ0) is 29.4. The lowest BCUT2D eigenvalue weighted by Crippen LogP contribution is -2.43. The first kappa shape index (κ1) is 29.8. The predicted octanol–water partition coefficient (Wildman–Crippen LogP) is 8.37. The SMILES string of the molecule is COc1ccc(NC(=S)N(CC(=O)Nc2c(C(C)C)cccc2C(C)C)C(c2ccccc2)c2ccccc2)cc1. The smallest absolute Gasteiger partial charge is 0.244 e. The summed E-state index contributed by atoms with van der Waals surface area (Å²) in [5.41, 5.74) is 6.03. The average Bonchev–Trinajstić information content (AvgIpc) is 2.98. The van der Waals surface area contributed by atoms with Crippen molar-refractivity contribution >= 4 is 34.6 Å². The molecule has 0 saturated carbocycles. The molecule has 0 radical (unpaired) electrons. The van der Waals surface area contributed by atoms with E-state index < -0.39 is 0 Å². The van der Waals surface area contributed by atoms with Gasteiger partial charge in [0.2, 0.25) is 5.91 Å². The van der Waals surface area contributed by atoms with Crippen molar-refractivity contribution in [1.82, 2.24) is 4.90 Å². The second kappa shape index (κ2) is 14.0. The van der Waals surface area contributed by atoms with Crippen LogP contribution in [0.4, 0.5) is 11.4 Å². The van der Waals surface area contributed by atoms with Gasteiger partial charge in [0.15, 0.2) is 5.11 Å². The quantitative estimate of drug-likeness (QED) is 0.189. The number of para-hydroxylation sites is 1. The second-order valence-electron chi connectivity index (χ2n) is 10.7. The largest absolute Gasteiger partial charge is 0.497 e. The van der Waals surface area contributed by atoms with Gasteiger partial charge in [0.25, 0.3) is 0 Å². The molecule has 4 aromatic rings. The maximum atomic E-state index is 13.9. The van der Waals surface area contributed by atoms with Gasteiger partial charge >= 0.3 is 0 Å². The van der Waals surface area contributed by atoms with Crippen LogP contribution in [0.3, 0.4) is 0 Å². The van der Waals surface area contributed by atoms with Crippen molar-refractivity contribution in [2.45, 2.75) is 45.6 Å². The first-order chi connectivity index (χ1) is 19.8. The van der Waals surface area contributed by atoms with E-state index in [0.29, 0.717) is 5.11 Å². The number of rotatable bonds is 10. The second-order valence-corrected chi connectivity index (χ2v) is 11.1. The molecular formula is C35H39N3O2S. The minimum Gasteiger partial charge on any atom is -0.497 e. The molecule has 4 rings (SSSR count). The number of ether oxygens (including phenoxy) is 1. The molecule has 1 amide bonds. The predicted molar refractivity (Wildman–Crippen MR) is 174 cm³/mol. The molecular weight excluding hydrogens is 526 g/mol. The number of nitrogens with zero attached hydrogens (tertiary/aromatic N) is 1. The van der Waals surface area contributed by atoms with Crippen molar-refractivity contribution in [3.05, 3.63) is 125 Å². The molecule has 0 bridgehead atoms. The van der Waals surface area contributed by atoms with Gasteiger partial charge in [-0.1, -0.05) is 107 Å². The van der Waals surface area contributed by atoms with E-state index in [-0.39, 0.29) is 30.3 Å². The van der Waals surface area contributed by atoms with E-state index in [1.165, 1.54) is 0 Å². The fourth-order valence-corrected chi connectivity index (χ4v) is 5.29. The Kier molecular flexibility index (Phi) is 10.1. The molecule has 0 aliphatic rings. The molecule has 2 N–H and O–H groups in total. The first-order valence-electron chi connectivity index (χ1n) is 14.0. The highest BCUT2D eigenvalue weighted by Crippen LogP contribution is 2.33. The molecule has 0 aliphatic heterocycles. The molecule has 0 aromatic heterocycles. The fraction of sp³-hybridized carbons (Fsp3) is 0.257. The first-order valence-corrected chi connectivity index (χ1v) is 14.4. The minimum absolute atomic E-state index is 0.0560. The van der Waals surface area contributed by atoms with Crippen molar-refractivity contribution in [1.29, 1.82) is 0 Å². The van der Waals surface area contributed by atoms with Gasteiger partial charge in [-0.25, -0.2) is 0 Å². The van der Waals surface area contributed by atoms with E-state index in [1.807, 2.05) is 65.6 Å². The third-order valence-electron chi connectivity index (χ3n) is 7.10. The van der Waals surface area contributed by atoms with Crippen molar-refractivity contribution in [3.63, 3.8) is 0 Å². The molecule has 41 heavy (non-hydrogen) atoms. The summed E-state index contributed by atoms with van der Waals surface area (Å²) in [5.74, 6) is 1.16. The summed E-state index contributed by atoms with van der Waals surface area (Å²) < 4.78 is 5.31. The van der Waals surface area contributed by atoms with Crippen LogP contribution >= 0.6 is 12.2 Å². The van der Waals surface area contributed by atoms with E-state index in [9.17, 15) is 4.79 Å². The number of methoxy groups -OCH3 is 1. The number of benzene rings is 4. The molecule has 0 heterocycles. The number of amides is 1. The Labute approximate surface area is 249 Å². The molecule has 212 valence electrons. The molecule has 0 spiro atoms. The van der Waals surface area contributed by atoms with Gasteiger partial charge < -0.3 is 20.3 Å². The average molecular weight is 566 g/mol. The van der Waals surface area contributed by atoms with E-state index in [2.05, 4.69) is 80.8 Å². The van der Waals surface area contributed by atoms with Gasteiger partial charge in [-0.15, -0.1) is 0 Å². The lowest BCUT2D eigenvalue weighted by atomic mass is 9.92. The summed E-state index contributed by atoms with van der Waals surface area (Å²) in [4.78, 5) is 15.9. The van der Waals surface area contributed by atoms with Crippen LogP contribution in [0.1, 0.15) is 67.8 Å². The Morgan fingerprint density at radius 2 is 1.24 bits per heavy atom. The number of carbonyl (C=O) groups excluding carboxylic acids is 1. The van der Waals surface area contributed by atoms with E-state index in [4.69, 9.17) is 17.0 Å². The lowest BCUT2D eigenvalue weighted by Gasteiger charge is -2.34. The fourth-order valence-electron chi connectivity index (χ4n) is 5.00. The molecule has 0 aliphatic carbocycles. The Morgan fingerprint density at radius 1 is 0.732 bits per heavy atom. The molecule has 5 nitrogen and oxygen atoms in total. The molecule has 0 unspecified atom stereocenters. The lowest BCUT2D eigenvalue weighted by molar-refractivity contribution is -0.116. The van der Waals surface area contributed by atoms with Crippen LogP contribution in [0.5, 0.6) is 5.75 Å². The van der Waals surface area contributed by atoms with Crippen LogP contribution in [0.2, 0.25) is 0 Å². The third kappa shape index (κ3) is 7.53. The summed E-state index contributed by atoms with van der Waals surface area (Å²) in [6.07, 6.45) is 0. The molecule has 4 aromatic carbocycles. The van der Waals surface area contributed by atoms with Crippen LogP contribution in [0, 0.1) is 0 Å². The van der Waals surface area contributed by atoms with Crippen LogP contribution in [-0.2, 0) is 4.79 Å². The van der Waals surface area contributed by atoms with Crippen molar-refractivity contribution in [3.8, 4) is 5.75 Å². The summed E-state index contributed by atoms with van der Waals surface area (Å²) in [6.45, 7) is 8.65. The van der Waals surface area contributed by atoms with Gasteiger partial charge in [-0.2, -0.15) is 0 Å². The van der Waals surface area contributed by atoms with Crippen LogP contribution in [0.15, 0.2) is 103 Å². The number of hydrogen-bond donors (Lipinski definition) is 2. The summed E-state index contributed by atoms with van der Waals surface area (Å²) in [5, 5.41) is 7.09. The Balaban J connectivity index is 1.73. The molecule has 0 saturated heterocycles. The highest BCUT2D eigenvalue weighted by atomic mass is 32.1. The van der Waals surface area contributed by atoms with Gasteiger partial charge in [0, 0.05) is 11.4 Å². The number of thiocarbonyl (C=S) groups is 1. The minimum atomic E-state index is -0.286. The summed E-state index contributed by atoms with van der Waals surface area (Å²) >= 11 is 6.02. The summed E-state index contributed by atoms with van der Waals surface area (Å²) in [7, 11) is 1.64. The zero-order valence-electron chi connectivity index (χ0n) is 24.4. The van der Waals surface area contributed by atoms with Crippen LogP contribution in [0.25, 0.3) is 0 Å². The maximum absolute atomic E-state index is 13.9. The topological polar surface area (TPSA) is 53.6 Å². The standard InChI is InChI=1S/C35H39N3O2S/c1-24(2)30-17-12-18-31(25(3)4)33(30)37-32(39)23-38(35(41)36-28-19-21-29(40-5)22-20-28)34(26-13-8-6-9-14-26)27-15-10-7-11-16-27/h6-22,24-25,34H,23H2,1-5H3,(H,36,41)(H,37,39). The van der Waals surface area contributed by atoms with Gasteiger partial charge in [-0.3, -0.25) is 4.79 Å². The van der Waals surface area contributed by atoms with Gasteiger partial charge in [-0.05, 0) is 70.6 Å². The van der Waals surface area contributed by atoms with Gasteiger partial charge in [0.1, 0.15) is 12.3 Å². The Bertz CT molecular complexity index is 1370. The highest BCUT2D eigenvalue weighted by Gasteiger charge is 2.28. The zero-order valence-corrected chi connectivity index (χ0v) is 25.2. The van der Waals surface area contributed by atoms with Crippen LogP contribution < -0.4 is 15.4 Å². The Hall–Kier alpha value is -4.16. The molecule has 0 atom stereocenters. The number of carbonyl (C=O) groups is 1. The Morgan fingerprint density at radius 3 is 1.71 bits per heavy atom. The number of hydrogen-bond acceptors (Lipinski definition) is 3. The number of nitrogens with one attached hydrogen (secondary N) is 2. The maximum Gasteiger partial charge on any atom is 0.244 e. The molecule has 0 fully saturated rings. The van der Waals surface area contributed by atoms with Crippen molar-refractivity contribution in [2.75, 3.05) is 24.3 Å². The van der Waals surface area contributed by atoms with Gasteiger partial charge in [0.05, 0.1) is 13.2 Å². The van der Waals surface area contributed by atoms with Crippen molar-refractivity contribution < 1.29 is 9.53 Å². The van der Waals surface area contributed by atoms with E-state index in [0.717, 1.165) is 39.4 Å². The summed E-state index contributed by atoms with van der Waals surface area (Å²) in [6, 6.07) is 33.9. The van der Waals surface area contributed by atoms with Crippen LogP contribution in [-0.4, -0.2) is 29.6 Å². The third-order valence-corrected chi connectivity index (χ3v) is 7.43.